The fourth-order valence-electron chi connectivity index (χ4n) is 2.37. The van der Waals surface area contributed by atoms with Crippen LogP contribution in [0.1, 0.15) is 6.92 Å². The lowest BCUT2D eigenvalue weighted by Crippen LogP contribution is -2.57. The predicted octanol–water partition coefficient (Wildman–Crippen LogP) is 0.0174. The van der Waals surface area contributed by atoms with Gasteiger partial charge in [-0.05, 0) is 6.92 Å². The normalized spacial score (nSPS) is 19.0. The molecule has 1 atom stereocenters. The van der Waals surface area contributed by atoms with Crippen molar-refractivity contribution in [1.29, 1.82) is 0 Å². The number of alkyl halides is 3. The van der Waals surface area contributed by atoms with E-state index in [0.717, 1.165) is 6.20 Å². The Bertz CT molecular complexity index is 610. The summed E-state index contributed by atoms with van der Waals surface area (Å²) in [6.45, 7) is 2.87. The Morgan fingerprint density at radius 1 is 1.39 bits per heavy atom. The number of hydrogen-bond donors (Lipinski definition) is 2. The molecule has 11 heteroatoms. The van der Waals surface area contributed by atoms with E-state index in [1.807, 2.05) is 0 Å². The Kier molecular flexibility index (Phi) is 5.65. The Morgan fingerprint density at radius 2 is 2.04 bits per heavy atom. The third-order valence-corrected chi connectivity index (χ3v) is 5.06. The van der Waals surface area contributed by atoms with Crippen LogP contribution in [0.2, 0.25) is 0 Å². The largest absolute Gasteiger partial charge is 0.405 e. The standard InChI is InChI=1S/C12H20F3N5O2S/c1-2-20-9-10(7-17-20)23(21,22)18-8-11(12(13,14)15)19-5-3-16-4-6-19/h7,9,11,16,18H,2-6,8H2,1H3. The lowest BCUT2D eigenvalue weighted by Gasteiger charge is -2.35. The first-order valence-corrected chi connectivity index (χ1v) is 8.76. The smallest absolute Gasteiger partial charge is 0.314 e. The second kappa shape index (κ2) is 7.16. The number of nitrogens with one attached hydrogen (secondary N) is 2. The van der Waals surface area contributed by atoms with E-state index < -0.39 is 28.8 Å². The summed E-state index contributed by atoms with van der Waals surface area (Å²) in [6.07, 6.45) is -2.09. The van der Waals surface area contributed by atoms with Crippen molar-refractivity contribution in [3.8, 4) is 0 Å². The number of halogens is 3. The summed E-state index contributed by atoms with van der Waals surface area (Å²) in [5.41, 5.74) is 0. The van der Waals surface area contributed by atoms with Crippen LogP contribution < -0.4 is 10.0 Å². The third-order valence-electron chi connectivity index (χ3n) is 3.68. The zero-order chi connectivity index (χ0) is 17.1. The number of piperazine rings is 1. The molecule has 0 aliphatic carbocycles. The molecule has 2 heterocycles. The monoisotopic (exact) mass is 355 g/mol. The second-order valence-corrected chi connectivity index (χ2v) is 6.99. The Hall–Kier alpha value is -1.17. The van der Waals surface area contributed by atoms with Gasteiger partial charge in [0.05, 0.1) is 6.20 Å². The van der Waals surface area contributed by atoms with Crippen LogP contribution in [0.15, 0.2) is 17.3 Å². The van der Waals surface area contributed by atoms with Crippen molar-refractivity contribution >= 4 is 10.0 Å². The molecule has 1 unspecified atom stereocenters. The average Bonchev–Trinajstić information content (AvgIpc) is 2.97. The van der Waals surface area contributed by atoms with Gasteiger partial charge < -0.3 is 5.32 Å². The van der Waals surface area contributed by atoms with E-state index in [0.29, 0.717) is 19.6 Å². The zero-order valence-electron chi connectivity index (χ0n) is 12.7. The van der Waals surface area contributed by atoms with Gasteiger partial charge in [-0.1, -0.05) is 0 Å². The molecule has 0 spiro atoms. The highest BCUT2D eigenvalue weighted by atomic mass is 32.2. The van der Waals surface area contributed by atoms with Crippen molar-refractivity contribution in [3.05, 3.63) is 12.4 Å². The van der Waals surface area contributed by atoms with Gasteiger partial charge in [-0.25, -0.2) is 13.1 Å². The zero-order valence-corrected chi connectivity index (χ0v) is 13.5. The summed E-state index contributed by atoms with van der Waals surface area (Å²) >= 11 is 0. The summed E-state index contributed by atoms with van der Waals surface area (Å²) in [6, 6.07) is -1.85. The van der Waals surface area contributed by atoms with Gasteiger partial charge in [0.1, 0.15) is 10.9 Å². The number of sulfonamides is 1. The van der Waals surface area contributed by atoms with Gasteiger partial charge in [-0.15, -0.1) is 0 Å². The number of aryl methyl sites for hydroxylation is 1. The molecule has 0 saturated carbocycles. The van der Waals surface area contributed by atoms with Crippen LogP contribution in [0.5, 0.6) is 0 Å². The van der Waals surface area contributed by atoms with Crippen LogP contribution >= 0.6 is 0 Å². The van der Waals surface area contributed by atoms with E-state index >= 15 is 0 Å². The van der Waals surface area contributed by atoms with Crippen molar-refractivity contribution in [2.24, 2.45) is 0 Å². The van der Waals surface area contributed by atoms with Gasteiger partial charge in [0.25, 0.3) is 0 Å². The van der Waals surface area contributed by atoms with Gasteiger partial charge >= 0.3 is 6.18 Å². The molecule has 1 aliphatic heterocycles. The highest BCUT2D eigenvalue weighted by Crippen LogP contribution is 2.25. The molecule has 7 nitrogen and oxygen atoms in total. The van der Waals surface area contributed by atoms with Crippen LogP contribution in [-0.4, -0.2) is 68.0 Å². The van der Waals surface area contributed by atoms with Crippen molar-refractivity contribution in [2.45, 2.75) is 30.6 Å². The fraction of sp³-hybridized carbons (Fsp3) is 0.750. The van der Waals surface area contributed by atoms with Crippen molar-refractivity contribution < 1.29 is 21.6 Å². The maximum Gasteiger partial charge on any atom is 0.405 e. The van der Waals surface area contributed by atoms with E-state index in [9.17, 15) is 21.6 Å². The lowest BCUT2D eigenvalue weighted by atomic mass is 10.2. The van der Waals surface area contributed by atoms with Gasteiger partial charge in [-0.3, -0.25) is 9.58 Å². The van der Waals surface area contributed by atoms with Crippen LogP contribution in [0.3, 0.4) is 0 Å². The Balaban J connectivity index is 2.07. The molecular weight excluding hydrogens is 335 g/mol. The van der Waals surface area contributed by atoms with E-state index in [-0.39, 0.29) is 18.0 Å². The number of rotatable bonds is 6. The molecule has 0 aromatic carbocycles. The number of nitrogens with zero attached hydrogens (tertiary/aromatic N) is 3. The first kappa shape index (κ1) is 18.2. The maximum atomic E-state index is 13.2. The Morgan fingerprint density at radius 3 is 2.57 bits per heavy atom. The Labute approximate surface area is 132 Å². The minimum Gasteiger partial charge on any atom is -0.314 e. The topological polar surface area (TPSA) is 79.3 Å². The molecule has 1 saturated heterocycles. The summed E-state index contributed by atoms with van der Waals surface area (Å²) in [5.74, 6) is 0. The molecule has 23 heavy (non-hydrogen) atoms. The lowest BCUT2D eigenvalue weighted by molar-refractivity contribution is -0.182. The second-order valence-electron chi connectivity index (χ2n) is 5.23. The fourth-order valence-corrected chi connectivity index (χ4v) is 3.36. The highest BCUT2D eigenvalue weighted by Gasteiger charge is 2.44. The third kappa shape index (κ3) is 4.66. The number of aromatic nitrogens is 2. The molecule has 1 aromatic heterocycles. The van der Waals surface area contributed by atoms with E-state index in [1.54, 1.807) is 6.92 Å². The molecule has 2 N–H and O–H groups in total. The molecule has 0 amide bonds. The SMILES string of the molecule is CCn1cc(S(=O)(=O)NCC(N2CCNCC2)C(F)(F)F)cn1. The number of hydrogen-bond acceptors (Lipinski definition) is 5. The van der Waals surface area contributed by atoms with Crippen LogP contribution in [0.25, 0.3) is 0 Å². The minimum atomic E-state index is -4.51. The van der Waals surface area contributed by atoms with Crippen LogP contribution in [-0.2, 0) is 16.6 Å². The first-order chi connectivity index (χ1) is 10.7. The molecule has 1 aromatic rings. The van der Waals surface area contributed by atoms with Crippen molar-refractivity contribution in [2.75, 3.05) is 32.7 Å². The quantitative estimate of drug-likeness (QED) is 0.752. The van der Waals surface area contributed by atoms with Crippen LogP contribution in [0.4, 0.5) is 13.2 Å². The molecule has 0 radical (unpaired) electrons. The maximum absolute atomic E-state index is 13.2. The molecule has 132 valence electrons. The molecule has 1 fully saturated rings. The molecule has 2 rings (SSSR count). The predicted molar refractivity (Wildman–Crippen MR) is 77.4 cm³/mol. The van der Waals surface area contributed by atoms with Crippen molar-refractivity contribution in [1.82, 2.24) is 24.7 Å². The first-order valence-electron chi connectivity index (χ1n) is 7.27. The minimum absolute atomic E-state index is 0.138. The van der Waals surface area contributed by atoms with E-state index in [1.165, 1.54) is 15.8 Å². The summed E-state index contributed by atoms with van der Waals surface area (Å²) in [7, 11) is -4.02. The average molecular weight is 355 g/mol. The van der Waals surface area contributed by atoms with Gasteiger partial charge in [0.2, 0.25) is 10.0 Å². The summed E-state index contributed by atoms with van der Waals surface area (Å²) in [5, 5.41) is 6.79. The van der Waals surface area contributed by atoms with E-state index in [4.69, 9.17) is 0 Å². The van der Waals surface area contributed by atoms with Gasteiger partial charge in [-0.2, -0.15) is 18.3 Å². The summed E-state index contributed by atoms with van der Waals surface area (Å²) in [4.78, 5) is 1.11. The molecular formula is C12H20F3N5O2S. The summed E-state index contributed by atoms with van der Waals surface area (Å²) < 4.78 is 67.4. The van der Waals surface area contributed by atoms with Crippen LogP contribution in [0, 0.1) is 0 Å². The van der Waals surface area contributed by atoms with E-state index in [2.05, 4.69) is 15.1 Å². The van der Waals surface area contributed by atoms with Gasteiger partial charge in [0.15, 0.2) is 0 Å². The molecule has 0 bridgehead atoms. The van der Waals surface area contributed by atoms with Gasteiger partial charge in [0, 0.05) is 45.5 Å². The highest BCUT2D eigenvalue weighted by molar-refractivity contribution is 7.89. The van der Waals surface area contributed by atoms with Crippen molar-refractivity contribution in [3.63, 3.8) is 0 Å². The molecule has 1 aliphatic rings.